The number of halogens is 1. The van der Waals surface area contributed by atoms with Crippen molar-refractivity contribution >= 4 is 27.1 Å². The molecule has 0 amide bonds. The van der Waals surface area contributed by atoms with Gasteiger partial charge in [0.2, 0.25) is 0 Å². The Balaban J connectivity index is 2.29. The summed E-state index contributed by atoms with van der Waals surface area (Å²) < 4.78 is 24.4. The molecule has 1 unspecified atom stereocenters. The predicted octanol–water partition coefficient (Wildman–Crippen LogP) is 2.37. The highest BCUT2D eigenvalue weighted by molar-refractivity contribution is 7.90. The molecule has 5 nitrogen and oxygen atoms in total. The molecule has 0 radical (unpaired) electrons. The Morgan fingerprint density at radius 1 is 1.45 bits per heavy atom. The van der Waals surface area contributed by atoms with E-state index in [1.807, 2.05) is 25.3 Å². The van der Waals surface area contributed by atoms with E-state index in [9.17, 15) is 8.42 Å². The molecule has 1 N–H and O–H groups in total. The number of sulfone groups is 1. The normalized spacial score (nSPS) is 13.2. The van der Waals surface area contributed by atoms with Gasteiger partial charge in [-0.3, -0.25) is 0 Å². The molecule has 1 aromatic carbocycles. The van der Waals surface area contributed by atoms with E-state index in [2.05, 4.69) is 10.4 Å². The van der Waals surface area contributed by atoms with Gasteiger partial charge in [0.1, 0.15) is 9.84 Å². The number of benzene rings is 1. The first kappa shape index (κ1) is 14.9. The quantitative estimate of drug-likeness (QED) is 0.920. The Labute approximate surface area is 123 Å². The van der Waals surface area contributed by atoms with Crippen LogP contribution in [0.3, 0.4) is 0 Å². The standard InChI is InChI=1S/C13H16ClN3O2S/c1-10(9-20(2,18)19)16-12-8-11(14)4-5-13(12)17-7-3-6-15-17/h3-8,10,16H,9H2,1-2H3. The highest BCUT2D eigenvalue weighted by Gasteiger charge is 2.13. The van der Waals surface area contributed by atoms with Gasteiger partial charge in [-0.25, -0.2) is 13.1 Å². The summed E-state index contributed by atoms with van der Waals surface area (Å²) in [5.41, 5.74) is 1.57. The number of anilines is 1. The molecule has 0 bridgehead atoms. The fourth-order valence-electron chi connectivity index (χ4n) is 2.00. The van der Waals surface area contributed by atoms with Crippen LogP contribution in [0.25, 0.3) is 5.69 Å². The third-order valence-electron chi connectivity index (χ3n) is 2.66. The maximum absolute atomic E-state index is 11.3. The third kappa shape index (κ3) is 3.98. The first-order valence-electron chi connectivity index (χ1n) is 6.09. The Bertz CT molecular complexity index is 684. The molecule has 2 aromatic rings. The van der Waals surface area contributed by atoms with Gasteiger partial charge in [0, 0.05) is 29.7 Å². The Morgan fingerprint density at radius 3 is 2.80 bits per heavy atom. The van der Waals surface area contributed by atoms with Crippen LogP contribution in [0.2, 0.25) is 5.02 Å². The molecule has 1 heterocycles. The third-order valence-corrected chi connectivity index (χ3v) is 4.01. The van der Waals surface area contributed by atoms with E-state index in [0.29, 0.717) is 5.02 Å². The van der Waals surface area contributed by atoms with Gasteiger partial charge in [0.15, 0.2) is 0 Å². The molecule has 0 aliphatic heterocycles. The monoisotopic (exact) mass is 313 g/mol. The fourth-order valence-corrected chi connectivity index (χ4v) is 3.16. The zero-order valence-corrected chi connectivity index (χ0v) is 12.8. The molecule has 0 aliphatic carbocycles. The summed E-state index contributed by atoms with van der Waals surface area (Å²) in [6.07, 6.45) is 4.71. The predicted molar refractivity (Wildman–Crippen MR) is 81.4 cm³/mol. The molecule has 20 heavy (non-hydrogen) atoms. The number of hydrogen-bond donors (Lipinski definition) is 1. The topological polar surface area (TPSA) is 64.0 Å². The summed E-state index contributed by atoms with van der Waals surface area (Å²) in [4.78, 5) is 0. The van der Waals surface area contributed by atoms with Crippen LogP contribution >= 0.6 is 11.6 Å². The summed E-state index contributed by atoms with van der Waals surface area (Å²) in [7, 11) is -3.04. The number of nitrogens with zero attached hydrogens (tertiary/aromatic N) is 2. The number of hydrogen-bond acceptors (Lipinski definition) is 4. The maximum Gasteiger partial charge on any atom is 0.149 e. The van der Waals surface area contributed by atoms with Gasteiger partial charge in [-0.15, -0.1) is 0 Å². The van der Waals surface area contributed by atoms with E-state index in [1.54, 1.807) is 23.0 Å². The molecule has 108 valence electrons. The second-order valence-electron chi connectivity index (χ2n) is 4.75. The number of rotatable bonds is 5. The first-order valence-corrected chi connectivity index (χ1v) is 8.53. The minimum absolute atomic E-state index is 0.0536. The Hall–Kier alpha value is -1.53. The van der Waals surface area contributed by atoms with Crippen LogP contribution in [0.5, 0.6) is 0 Å². The SMILES string of the molecule is CC(CS(C)(=O)=O)Nc1cc(Cl)ccc1-n1cccn1. The van der Waals surface area contributed by atoms with Gasteiger partial charge < -0.3 is 5.32 Å². The van der Waals surface area contributed by atoms with Crippen molar-refractivity contribution in [1.29, 1.82) is 0 Å². The van der Waals surface area contributed by atoms with E-state index < -0.39 is 9.84 Å². The van der Waals surface area contributed by atoms with Gasteiger partial charge in [-0.2, -0.15) is 5.10 Å². The van der Waals surface area contributed by atoms with E-state index in [1.165, 1.54) is 6.26 Å². The molecule has 0 fully saturated rings. The van der Waals surface area contributed by atoms with Crippen molar-refractivity contribution in [3.05, 3.63) is 41.7 Å². The highest BCUT2D eigenvalue weighted by Crippen LogP contribution is 2.24. The molecule has 0 aliphatic rings. The number of aromatic nitrogens is 2. The largest absolute Gasteiger partial charge is 0.380 e. The van der Waals surface area contributed by atoms with Crippen LogP contribution in [0.4, 0.5) is 5.69 Å². The highest BCUT2D eigenvalue weighted by atomic mass is 35.5. The second kappa shape index (κ2) is 5.85. The molecular weight excluding hydrogens is 298 g/mol. The van der Waals surface area contributed by atoms with Crippen molar-refractivity contribution in [2.75, 3.05) is 17.3 Å². The van der Waals surface area contributed by atoms with E-state index >= 15 is 0 Å². The lowest BCUT2D eigenvalue weighted by Crippen LogP contribution is -2.25. The van der Waals surface area contributed by atoms with Crippen molar-refractivity contribution in [1.82, 2.24) is 9.78 Å². The molecular formula is C13H16ClN3O2S. The first-order chi connectivity index (χ1) is 9.35. The van der Waals surface area contributed by atoms with Crippen LogP contribution < -0.4 is 5.32 Å². The Morgan fingerprint density at radius 2 is 2.20 bits per heavy atom. The van der Waals surface area contributed by atoms with Crippen molar-refractivity contribution in [2.24, 2.45) is 0 Å². The second-order valence-corrected chi connectivity index (χ2v) is 7.37. The molecule has 7 heteroatoms. The summed E-state index contributed by atoms with van der Waals surface area (Å²) >= 11 is 6.01. The average Bonchev–Trinajstić information content (AvgIpc) is 2.79. The van der Waals surface area contributed by atoms with E-state index in [0.717, 1.165) is 11.4 Å². The molecule has 1 aromatic heterocycles. The summed E-state index contributed by atoms with van der Waals surface area (Å²) in [5, 5.41) is 7.92. The van der Waals surface area contributed by atoms with Crippen molar-refractivity contribution in [3.63, 3.8) is 0 Å². The minimum Gasteiger partial charge on any atom is -0.380 e. The summed E-state index contributed by atoms with van der Waals surface area (Å²) in [6, 6.07) is 6.96. The molecule has 0 saturated heterocycles. The van der Waals surface area contributed by atoms with Gasteiger partial charge >= 0.3 is 0 Å². The zero-order valence-electron chi connectivity index (χ0n) is 11.2. The molecule has 0 saturated carbocycles. The van der Waals surface area contributed by atoms with E-state index in [4.69, 9.17) is 11.6 Å². The van der Waals surface area contributed by atoms with Gasteiger partial charge in [0.05, 0.1) is 17.1 Å². The van der Waals surface area contributed by atoms with Gasteiger partial charge in [0.25, 0.3) is 0 Å². The van der Waals surface area contributed by atoms with Crippen LogP contribution in [-0.2, 0) is 9.84 Å². The molecule has 1 atom stereocenters. The van der Waals surface area contributed by atoms with Crippen LogP contribution in [0.1, 0.15) is 6.92 Å². The minimum atomic E-state index is -3.04. The van der Waals surface area contributed by atoms with Crippen molar-refractivity contribution < 1.29 is 8.42 Å². The van der Waals surface area contributed by atoms with E-state index in [-0.39, 0.29) is 11.8 Å². The van der Waals surface area contributed by atoms with Crippen LogP contribution in [0, 0.1) is 0 Å². The molecule has 0 spiro atoms. The summed E-state index contributed by atoms with van der Waals surface area (Å²) in [6.45, 7) is 1.81. The van der Waals surface area contributed by atoms with Crippen LogP contribution in [0.15, 0.2) is 36.7 Å². The maximum atomic E-state index is 11.3. The smallest absolute Gasteiger partial charge is 0.149 e. The lowest BCUT2D eigenvalue weighted by atomic mass is 10.2. The van der Waals surface area contributed by atoms with Crippen LogP contribution in [-0.4, -0.2) is 36.2 Å². The van der Waals surface area contributed by atoms with Gasteiger partial charge in [-0.05, 0) is 31.2 Å². The van der Waals surface area contributed by atoms with Crippen molar-refractivity contribution in [3.8, 4) is 5.69 Å². The summed E-state index contributed by atoms with van der Waals surface area (Å²) in [5.74, 6) is 0.0536. The van der Waals surface area contributed by atoms with Crippen molar-refractivity contribution in [2.45, 2.75) is 13.0 Å². The zero-order chi connectivity index (χ0) is 14.8. The number of nitrogens with one attached hydrogen (secondary N) is 1. The lowest BCUT2D eigenvalue weighted by Gasteiger charge is -2.17. The fraction of sp³-hybridized carbons (Fsp3) is 0.308. The molecule has 2 rings (SSSR count). The average molecular weight is 314 g/mol. The van der Waals surface area contributed by atoms with Gasteiger partial charge in [-0.1, -0.05) is 11.6 Å². The lowest BCUT2D eigenvalue weighted by molar-refractivity contribution is 0.598. The Kier molecular flexibility index (Phi) is 4.35.